The molecule has 1 N–H and O–H groups in total. The lowest BCUT2D eigenvalue weighted by molar-refractivity contribution is -0.0620. The molecule has 96 valence electrons. The van der Waals surface area contributed by atoms with Gasteiger partial charge in [0.25, 0.3) is 0 Å². The number of aryl methyl sites for hydroxylation is 1. The number of aromatic nitrogens is 2. The van der Waals surface area contributed by atoms with Crippen LogP contribution in [0.5, 0.6) is 0 Å². The third kappa shape index (κ3) is 2.38. The molecule has 0 aliphatic heterocycles. The SMILES string of the molecule is CCOC1(C(NC)c2ccn(C)n2)CCCC1. The second-order valence-electron chi connectivity index (χ2n) is 4.84. The van der Waals surface area contributed by atoms with Gasteiger partial charge in [-0.05, 0) is 32.9 Å². The Hall–Kier alpha value is -0.870. The predicted octanol–water partition coefficient (Wildman–Crippen LogP) is 2.03. The molecule has 1 aliphatic carbocycles. The Bertz CT molecular complexity index is 355. The summed E-state index contributed by atoms with van der Waals surface area (Å²) >= 11 is 0. The van der Waals surface area contributed by atoms with Crippen molar-refractivity contribution in [3.63, 3.8) is 0 Å². The van der Waals surface area contributed by atoms with Crippen LogP contribution in [0.25, 0.3) is 0 Å². The van der Waals surface area contributed by atoms with Gasteiger partial charge in [0.15, 0.2) is 0 Å². The molecule has 0 amide bonds. The third-order valence-electron chi connectivity index (χ3n) is 3.73. The number of nitrogens with zero attached hydrogens (tertiary/aromatic N) is 2. The third-order valence-corrected chi connectivity index (χ3v) is 3.73. The van der Waals surface area contributed by atoms with Crippen molar-refractivity contribution in [3.05, 3.63) is 18.0 Å². The molecule has 1 unspecified atom stereocenters. The van der Waals surface area contributed by atoms with Gasteiger partial charge in [0, 0.05) is 19.9 Å². The number of ether oxygens (including phenoxy) is 1. The highest BCUT2D eigenvalue weighted by atomic mass is 16.5. The summed E-state index contributed by atoms with van der Waals surface area (Å²) in [5.74, 6) is 0. The van der Waals surface area contributed by atoms with Gasteiger partial charge in [0.05, 0.1) is 17.3 Å². The lowest BCUT2D eigenvalue weighted by Crippen LogP contribution is -2.43. The fourth-order valence-electron chi connectivity index (χ4n) is 3.04. The van der Waals surface area contributed by atoms with Gasteiger partial charge in [-0.25, -0.2) is 0 Å². The predicted molar refractivity (Wildman–Crippen MR) is 67.8 cm³/mol. The Kier molecular flexibility index (Phi) is 3.84. The summed E-state index contributed by atoms with van der Waals surface area (Å²) in [6.07, 6.45) is 6.76. The summed E-state index contributed by atoms with van der Waals surface area (Å²) in [7, 11) is 3.96. The average Bonchev–Trinajstić information content (AvgIpc) is 2.91. The van der Waals surface area contributed by atoms with Gasteiger partial charge in [-0.15, -0.1) is 0 Å². The minimum absolute atomic E-state index is 0.0577. The molecule has 0 saturated heterocycles. The molecule has 0 radical (unpaired) electrons. The summed E-state index contributed by atoms with van der Waals surface area (Å²) in [4.78, 5) is 0. The zero-order valence-corrected chi connectivity index (χ0v) is 11.1. The van der Waals surface area contributed by atoms with Crippen LogP contribution in [0.1, 0.15) is 44.3 Å². The number of nitrogens with one attached hydrogen (secondary N) is 1. The molecule has 0 spiro atoms. The van der Waals surface area contributed by atoms with E-state index < -0.39 is 0 Å². The van der Waals surface area contributed by atoms with E-state index in [-0.39, 0.29) is 11.6 Å². The van der Waals surface area contributed by atoms with E-state index in [4.69, 9.17) is 4.74 Å². The number of rotatable bonds is 5. The van der Waals surface area contributed by atoms with Crippen molar-refractivity contribution in [1.82, 2.24) is 15.1 Å². The second kappa shape index (κ2) is 5.19. The van der Waals surface area contributed by atoms with Crippen molar-refractivity contribution in [1.29, 1.82) is 0 Å². The molecule has 1 heterocycles. The molecule has 1 atom stereocenters. The summed E-state index contributed by atoms with van der Waals surface area (Å²) in [6.45, 7) is 2.84. The molecular formula is C13H23N3O. The van der Waals surface area contributed by atoms with E-state index in [9.17, 15) is 0 Å². The average molecular weight is 237 g/mol. The van der Waals surface area contributed by atoms with E-state index in [1.165, 1.54) is 12.8 Å². The van der Waals surface area contributed by atoms with Crippen LogP contribution in [0, 0.1) is 0 Å². The lowest BCUT2D eigenvalue weighted by atomic mass is 9.89. The first-order valence-corrected chi connectivity index (χ1v) is 6.52. The Morgan fingerprint density at radius 2 is 2.24 bits per heavy atom. The van der Waals surface area contributed by atoms with Crippen molar-refractivity contribution >= 4 is 0 Å². The van der Waals surface area contributed by atoms with Gasteiger partial charge in [0.1, 0.15) is 0 Å². The number of likely N-dealkylation sites (N-methyl/N-ethyl adjacent to an activating group) is 1. The molecule has 1 aliphatic rings. The number of hydrogen-bond acceptors (Lipinski definition) is 3. The molecule has 1 aromatic rings. The van der Waals surface area contributed by atoms with Gasteiger partial charge in [-0.1, -0.05) is 12.8 Å². The summed E-state index contributed by atoms with van der Waals surface area (Å²) in [5.41, 5.74) is 1.03. The maximum atomic E-state index is 6.10. The Morgan fingerprint density at radius 3 is 2.71 bits per heavy atom. The zero-order chi connectivity index (χ0) is 12.3. The van der Waals surface area contributed by atoms with Crippen LogP contribution in [0.4, 0.5) is 0 Å². The molecule has 1 fully saturated rings. The Balaban J connectivity index is 2.26. The van der Waals surface area contributed by atoms with Gasteiger partial charge in [-0.2, -0.15) is 5.10 Å². The first-order chi connectivity index (χ1) is 8.22. The standard InChI is InChI=1S/C13H23N3O/c1-4-17-13(8-5-6-9-13)12(14-2)11-7-10-16(3)15-11/h7,10,12,14H,4-6,8-9H2,1-3H3. The van der Waals surface area contributed by atoms with Crippen LogP contribution in [-0.4, -0.2) is 29.0 Å². The molecule has 17 heavy (non-hydrogen) atoms. The molecule has 1 saturated carbocycles. The van der Waals surface area contributed by atoms with E-state index in [1.54, 1.807) is 0 Å². The summed E-state index contributed by atoms with van der Waals surface area (Å²) in [5, 5.41) is 7.93. The lowest BCUT2D eigenvalue weighted by Gasteiger charge is -2.36. The summed E-state index contributed by atoms with van der Waals surface area (Å²) < 4.78 is 7.95. The highest BCUT2D eigenvalue weighted by Gasteiger charge is 2.43. The van der Waals surface area contributed by atoms with Crippen LogP contribution in [0.3, 0.4) is 0 Å². The number of hydrogen-bond donors (Lipinski definition) is 1. The van der Waals surface area contributed by atoms with Crippen LogP contribution < -0.4 is 5.32 Å². The van der Waals surface area contributed by atoms with Crippen molar-refractivity contribution < 1.29 is 4.74 Å². The van der Waals surface area contributed by atoms with Gasteiger partial charge < -0.3 is 10.1 Å². The van der Waals surface area contributed by atoms with E-state index in [1.807, 2.05) is 25.0 Å². The van der Waals surface area contributed by atoms with E-state index in [0.29, 0.717) is 0 Å². The fourth-order valence-corrected chi connectivity index (χ4v) is 3.04. The topological polar surface area (TPSA) is 39.1 Å². The van der Waals surface area contributed by atoms with Crippen LogP contribution in [0.15, 0.2) is 12.3 Å². The Labute approximate surface area is 103 Å². The highest BCUT2D eigenvalue weighted by Crippen LogP contribution is 2.42. The quantitative estimate of drug-likeness (QED) is 0.851. The largest absolute Gasteiger partial charge is 0.373 e. The maximum absolute atomic E-state index is 6.10. The monoisotopic (exact) mass is 237 g/mol. The minimum Gasteiger partial charge on any atom is -0.373 e. The van der Waals surface area contributed by atoms with Crippen molar-refractivity contribution in [2.75, 3.05) is 13.7 Å². The van der Waals surface area contributed by atoms with Crippen molar-refractivity contribution in [3.8, 4) is 0 Å². The van der Waals surface area contributed by atoms with Gasteiger partial charge >= 0.3 is 0 Å². The molecule has 0 aromatic carbocycles. The van der Waals surface area contributed by atoms with E-state index in [0.717, 1.165) is 25.1 Å². The van der Waals surface area contributed by atoms with Crippen LogP contribution in [0.2, 0.25) is 0 Å². The van der Waals surface area contributed by atoms with Crippen LogP contribution >= 0.6 is 0 Å². The van der Waals surface area contributed by atoms with E-state index >= 15 is 0 Å². The van der Waals surface area contributed by atoms with E-state index in [2.05, 4.69) is 23.4 Å². The van der Waals surface area contributed by atoms with Crippen molar-refractivity contribution in [2.45, 2.75) is 44.2 Å². The van der Waals surface area contributed by atoms with Gasteiger partial charge in [-0.3, -0.25) is 4.68 Å². The molecule has 0 bridgehead atoms. The molecule has 1 aromatic heterocycles. The molecule has 4 heteroatoms. The highest BCUT2D eigenvalue weighted by molar-refractivity contribution is 5.13. The second-order valence-corrected chi connectivity index (χ2v) is 4.84. The van der Waals surface area contributed by atoms with Crippen molar-refractivity contribution in [2.24, 2.45) is 7.05 Å². The Morgan fingerprint density at radius 1 is 1.53 bits per heavy atom. The van der Waals surface area contributed by atoms with Crippen LogP contribution in [-0.2, 0) is 11.8 Å². The summed E-state index contributed by atoms with van der Waals surface area (Å²) in [6, 6.07) is 2.28. The minimum atomic E-state index is -0.0577. The molecule has 4 nitrogen and oxygen atoms in total. The normalized spacial score (nSPS) is 20.6. The first kappa shape index (κ1) is 12.6. The fraction of sp³-hybridized carbons (Fsp3) is 0.769. The maximum Gasteiger partial charge on any atom is 0.0892 e. The molecular weight excluding hydrogens is 214 g/mol. The molecule has 2 rings (SSSR count). The smallest absolute Gasteiger partial charge is 0.0892 e. The zero-order valence-electron chi connectivity index (χ0n) is 11.1. The van der Waals surface area contributed by atoms with Gasteiger partial charge in [0.2, 0.25) is 0 Å². The first-order valence-electron chi connectivity index (χ1n) is 6.52.